The van der Waals surface area contributed by atoms with Crippen LogP contribution >= 0.6 is 23.1 Å². The molecule has 0 spiro atoms. The first-order valence-corrected chi connectivity index (χ1v) is 7.32. The van der Waals surface area contributed by atoms with E-state index < -0.39 is 11.7 Å². The molecule has 0 aliphatic heterocycles. The van der Waals surface area contributed by atoms with Gasteiger partial charge in [0.25, 0.3) is 0 Å². The number of alkyl halides is 3. The van der Waals surface area contributed by atoms with Gasteiger partial charge in [-0.2, -0.15) is 13.2 Å². The number of hydrogen-bond acceptors (Lipinski definition) is 3. The average molecular weight is 303 g/mol. The molecule has 1 nitrogen and oxygen atoms in total. The number of hydrogen-bond donors (Lipinski definition) is 1. The zero-order chi connectivity index (χ0) is 13.9. The summed E-state index contributed by atoms with van der Waals surface area (Å²) in [6.07, 6.45) is -4.10. The average Bonchev–Trinajstić information content (AvgIpc) is 2.83. The van der Waals surface area contributed by atoms with E-state index in [2.05, 4.69) is 0 Å². The van der Waals surface area contributed by atoms with Crippen LogP contribution in [-0.4, -0.2) is 6.54 Å². The second-order valence-electron chi connectivity index (χ2n) is 3.89. The van der Waals surface area contributed by atoms with Crippen molar-refractivity contribution in [2.75, 3.05) is 6.54 Å². The summed E-state index contributed by atoms with van der Waals surface area (Å²) in [6, 6.07) is 8.20. The molecule has 0 fully saturated rings. The molecule has 0 bridgehead atoms. The first-order chi connectivity index (χ1) is 9.00. The SMILES string of the molecule is NCCc1ccc(Sc2cccs2)cc1C(F)(F)F. The zero-order valence-corrected chi connectivity index (χ0v) is 11.5. The molecular weight excluding hydrogens is 291 g/mol. The molecule has 1 aromatic heterocycles. The van der Waals surface area contributed by atoms with Gasteiger partial charge in [-0.3, -0.25) is 0 Å². The summed E-state index contributed by atoms with van der Waals surface area (Å²) in [6.45, 7) is 0.209. The maximum atomic E-state index is 13.0. The van der Waals surface area contributed by atoms with Crippen molar-refractivity contribution in [1.82, 2.24) is 0 Å². The first-order valence-electron chi connectivity index (χ1n) is 5.62. The third kappa shape index (κ3) is 3.75. The molecule has 0 saturated heterocycles. The number of rotatable bonds is 4. The Bertz CT molecular complexity index is 535. The fraction of sp³-hybridized carbons (Fsp3) is 0.231. The summed E-state index contributed by atoms with van der Waals surface area (Å²) < 4.78 is 39.9. The van der Waals surface area contributed by atoms with Crippen molar-refractivity contribution in [2.45, 2.75) is 21.7 Å². The lowest BCUT2D eigenvalue weighted by atomic mass is 10.0. The molecule has 0 atom stereocenters. The third-order valence-electron chi connectivity index (χ3n) is 2.51. The van der Waals surface area contributed by atoms with Crippen LogP contribution in [0.5, 0.6) is 0 Å². The van der Waals surface area contributed by atoms with E-state index in [4.69, 9.17) is 5.73 Å². The van der Waals surface area contributed by atoms with Crippen molar-refractivity contribution in [1.29, 1.82) is 0 Å². The maximum absolute atomic E-state index is 13.0. The van der Waals surface area contributed by atoms with Crippen LogP contribution in [0.15, 0.2) is 44.8 Å². The summed E-state index contributed by atoms with van der Waals surface area (Å²) in [7, 11) is 0. The Kier molecular flexibility index (Phi) is 4.54. The predicted octanol–water partition coefficient (Wildman–Crippen LogP) is 4.42. The van der Waals surface area contributed by atoms with Gasteiger partial charge in [0, 0.05) is 4.90 Å². The molecule has 2 N–H and O–H groups in total. The highest BCUT2D eigenvalue weighted by molar-refractivity contribution is 8.01. The molecular formula is C13H12F3NS2. The lowest BCUT2D eigenvalue weighted by Gasteiger charge is -2.13. The minimum Gasteiger partial charge on any atom is -0.330 e. The van der Waals surface area contributed by atoms with Gasteiger partial charge in [0.1, 0.15) is 0 Å². The standard InChI is InChI=1S/C13H12F3NS2/c14-13(15,16)11-8-10(4-3-9(11)5-6-17)19-12-2-1-7-18-12/h1-4,7-8H,5-6,17H2. The Morgan fingerprint density at radius 1 is 1.21 bits per heavy atom. The largest absolute Gasteiger partial charge is 0.416 e. The number of benzene rings is 1. The third-order valence-corrected chi connectivity index (χ3v) is 4.54. The van der Waals surface area contributed by atoms with Crippen LogP contribution < -0.4 is 5.73 Å². The maximum Gasteiger partial charge on any atom is 0.416 e. The van der Waals surface area contributed by atoms with Gasteiger partial charge in [-0.25, -0.2) is 0 Å². The summed E-state index contributed by atoms with van der Waals surface area (Å²) in [4.78, 5) is 0.593. The van der Waals surface area contributed by atoms with Gasteiger partial charge < -0.3 is 5.73 Å². The molecule has 2 rings (SSSR count). The first kappa shape index (κ1) is 14.4. The number of thiophene rings is 1. The van der Waals surface area contributed by atoms with Gasteiger partial charge in [0.15, 0.2) is 0 Å². The molecule has 2 aromatic rings. The molecule has 0 unspecified atom stereocenters. The lowest BCUT2D eigenvalue weighted by Crippen LogP contribution is -2.12. The van der Waals surface area contributed by atoms with Crippen molar-refractivity contribution >= 4 is 23.1 Å². The summed E-state index contributed by atoms with van der Waals surface area (Å²) in [5.74, 6) is 0. The Balaban J connectivity index is 2.32. The van der Waals surface area contributed by atoms with Crippen LogP contribution in [0.3, 0.4) is 0 Å². The lowest BCUT2D eigenvalue weighted by molar-refractivity contribution is -0.138. The Morgan fingerprint density at radius 3 is 2.58 bits per heavy atom. The normalized spacial score (nSPS) is 11.8. The molecule has 0 saturated carbocycles. The molecule has 1 heterocycles. The van der Waals surface area contributed by atoms with E-state index in [0.29, 0.717) is 4.90 Å². The van der Waals surface area contributed by atoms with Crippen molar-refractivity contribution in [3.63, 3.8) is 0 Å². The number of nitrogens with two attached hydrogens (primary N) is 1. The van der Waals surface area contributed by atoms with Crippen LogP contribution in [0.25, 0.3) is 0 Å². The Morgan fingerprint density at radius 2 is 2.00 bits per heavy atom. The highest BCUT2D eigenvalue weighted by Gasteiger charge is 2.33. The van der Waals surface area contributed by atoms with Gasteiger partial charge in [0.2, 0.25) is 0 Å². The molecule has 6 heteroatoms. The van der Waals surface area contributed by atoms with E-state index in [1.165, 1.54) is 35.2 Å². The predicted molar refractivity (Wildman–Crippen MR) is 72.6 cm³/mol. The quantitative estimate of drug-likeness (QED) is 0.905. The van der Waals surface area contributed by atoms with Gasteiger partial charge in [-0.05, 0) is 42.1 Å². The van der Waals surface area contributed by atoms with Gasteiger partial charge in [-0.15, -0.1) is 11.3 Å². The van der Waals surface area contributed by atoms with Crippen LogP contribution in [0.1, 0.15) is 11.1 Å². The second kappa shape index (κ2) is 5.98. The van der Waals surface area contributed by atoms with Crippen LogP contribution in [0, 0.1) is 0 Å². The van der Waals surface area contributed by atoms with Gasteiger partial charge >= 0.3 is 6.18 Å². The monoisotopic (exact) mass is 303 g/mol. The molecule has 0 amide bonds. The second-order valence-corrected chi connectivity index (χ2v) is 6.21. The molecule has 19 heavy (non-hydrogen) atoms. The van der Waals surface area contributed by atoms with Crippen molar-refractivity contribution < 1.29 is 13.2 Å². The summed E-state index contributed by atoms with van der Waals surface area (Å²) in [5, 5.41) is 1.90. The zero-order valence-electron chi connectivity index (χ0n) is 9.91. The summed E-state index contributed by atoms with van der Waals surface area (Å²) in [5.41, 5.74) is 5.02. The van der Waals surface area contributed by atoms with Crippen LogP contribution in [-0.2, 0) is 12.6 Å². The molecule has 0 radical (unpaired) electrons. The van der Waals surface area contributed by atoms with E-state index in [1.807, 2.05) is 17.5 Å². The van der Waals surface area contributed by atoms with E-state index in [9.17, 15) is 13.2 Å². The topological polar surface area (TPSA) is 26.0 Å². The molecule has 0 aliphatic carbocycles. The highest BCUT2D eigenvalue weighted by atomic mass is 32.2. The smallest absolute Gasteiger partial charge is 0.330 e. The Labute approximate surface area is 117 Å². The molecule has 0 aliphatic rings. The minimum absolute atomic E-state index is 0.209. The molecule has 1 aromatic carbocycles. The Hall–Kier alpha value is -0.980. The highest BCUT2D eigenvalue weighted by Crippen LogP contribution is 2.37. The minimum atomic E-state index is -4.34. The number of halogens is 3. The van der Waals surface area contributed by atoms with Gasteiger partial charge in [0.05, 0.1) is 9.77 Å². The van der Waals surface area contributed by atoms with E-state index in [0.717, 1.165) is 4.21 Å². The van der Waals surface area contributed by atoms with Crippen LogP contribution in [0.2, 0.25) is 0 Å². The van der Waals surface area contributed by atoms with Gasteiger partial charge in [-0.1, -0.05) is 23.9 Å². The van der Waals surface area contributed by atoms with E-state index in [1.54, 1.807) is 6.07 Å². The van der Waals surface area contributed by atoms with Crippen molar-refractivity contribution in [3.05, 3.63) is 46.8 Å². The molecule has 102 valence electrons. The van der Waals surface area contributed by atoms with Crippen molar-refractivity contribution in [3.8, 4) is 0 Å². The van der Waals surface area contributed by atoms with E-state index >= 15 is 0 Å². The fourth-order valence-corrected chi connectivity index (χ4v) is 3.48. The summed E-state index contributed by atoms with van der Waals surface area (Å²) >= 11 is 2.85. The van der Waals surface area contributed by atoms with Crippen LogP contribution in [0.4, 0.5) is 13.2 Å². The fourth-order valence-electron chi connectivity index (χ4n) is 1.69. The van der Waals surface area contributed by atoms with E-state index in [-0.39, 0.29) is 18.5 Å². The van der Waals surface area contributed by atoms with Crippen molar-refractivity contribution in [2.24, 2.45) is 5.73 Å².